The monoisotopic (exact) mass is 489 g/mol. The maximum atomic E-state index is 13.0. The molecule has 1 aliphatic heterocycles. The number of nitrogens with zero attached hydrogens (tertiary/aromatic N) is 1. The summed E-state index contributed by atoms with van der Waals surface area (Å²) in [6.45, 7) is 1.01. The SMILES string of the molecule is O=C(NC1CCCC1)C1CCCN(C(=O)c2ccc(NS(=O)(=O)c3ccc(Cl)cc3)cc2)C1. The molecule has 33 heavy (non-hydrogen) atoms. The number of hydrogen-bond acceptors (Lipinski definition) is 4. The largest absolute Gasteiger partial charge is 0.353 e. The number of piperidine rings is 1. The van der Waals surface area contributed by atoms with E-state index in [0.717, 1.165) is 38.5 Å². The Balaban J connectivity index is 1.37. The number of hydrogen-bond donors (Lipinski definition) is 2. The lowest BCUT2D eigenvalue weighted by Gasteiger charge is -2.32. The van der Waals surface area contributed by atoms with E-state index in [1.807, 2.05) is 0 Å². The minimum atomic E-state index is -3.76. The van der Waals surface area contributed by atoms with Crippen molar-refractivity contribution in [2.45, 2.75) is 49.5 Å². The van der Waals surface area contributed by atoms with Gasteiger partial charge in [0.2, 0.25) is 5.91 Å². The molecule has 176 valence electrons. The van der Waals surface area contributed by atoms with Crippen LogP contribution in [0.25, 0.3) is 0 Å². The number of anilines is 1. The Morgan fingerprint density at radius 1 is 0.909 bits per heavy atom. The van der Waals surface area contributed by atoms with E-state index >= 15 is 0 Å². The van der Waals surface area contributed by atoms with Crippen LogP contribution in [0.4, 0.5) is 5.69 Å². The molecule has 2 amide bonds. The van der Waals surface area contributed by atoms with Crippen LogP contribution in [-0.2, 0) is 14.8 Å². The zero-order valence-corrected chi connectivity index (χ0v) is 19.9. The van der Waals surface area contributed by atoms with Crippen molar-refractivity contribution in [1.82, 2.24) is 10.2 Å². The smallest absolute Gasteiger partial charge is 0.261 e. The van der Waals surface area contributed by atoms with Crippen LogP contribution in [-0.4, -0.2) is 44.3 Å². The number of carbonyl (C=O) groups excluding carboxylic acids is 2. The summed E-state index contributed by atoms with van der Waals surface area (Å²) < 4.78 is 27.6. The van der Waals surface area contributed by atoms with Crippen molar-refractivity contribution >= 4 is 39.1 Å². The van der Waals surface area contributed by atoms with Crippen LogP contribution in [0.2, 0.25) is 5.02 Å². The minimum Gasteiger partial charge on any atom is -0.353 e. The Hall–Kier alpha value is -2.58. The summed E-state index contributed by atoms with van der Waals surface area (Å²) in [6.07, 6.45) is 5.96. The quantitative estimate of drug-likeness (QED) is 0.639. The number of likely N-dealkylation sites (tertiary alicyclic amines) is 1. The highest BCUT2D eigenvalue weighted by molar-refractivity contribution is 7.92. The Bertz CT molecular complexity index is 1100. The van der Waals surface area contributed by atoms with E-state index in [1.54, 1.807) is 29.2 Å². The molecule has 1 saturated carbocycles. The Morgan fingerprint density at radius 3 is 2.24 bits per heavy atom. The summed E-state index contributed by atoms with van der Waals surface area (Å²) in [5.74, 6) is -0.291. The molecule has 0 bridgehead atoms. The van der Waals surface area contributed by atoms with Crippen molar-refractivity contribution in [2.75, 3.05) is 17.8 Å². The van der Waals surface area contributed by atoms with Crippen LogP contribution >= 0.6 is 11.6 Å². The van der Waals surface area contributed by atoms with E-state index < -0.39 is 10.0 Å². The third-order valence-electron chi connectivity index (χ3n) is 6.29. The molecule has 0 spiro atoms. The summed E-state index contributed by atoms with van der Waals surface area (Å²) in [5, 5.41) is 3.60. The van der Waals surface area contributed by atoms with Gasteiger partial charge in [-0.2, -0.15) is 0 Å². The normalized spacial score (nSPS) is 19.3. The molecular weight excluding hydrogens is 462 g/mol. The first-order valence-corrected chi connectivity index (χ1v) is 13.2. The second-order valence-electron chi connectivity index (χ2n) is 8.72. The zero-order valence-electron chi connectivity index (χ0n) is 18.3. The van der Waals surface area contributed by atoms with Crippen LogP contribution in [0.5, 0.6) is 0 Å². The standard InChI is InChI=1S/C24H28ClN3O4S/c25-19-9-13-22(14-10-19)33(31,32)27-21-11-7-17(8-12-21)24(30)28-15-3-4-18(16-28)23(29)26-20-5-1-2-6-20/h7-14,18,20,27H,1-6,15-16H2,(H,26,29). The van der Waals surface area contributed by atoms with Crippen LogP contribution in [0.1, 0.15) is 48.9 Å². The van der Waals surface area contributed by atoms with E-state index in [1.165, 1.54) is 24.3 Å². The van der Waals surface area contributed by atoms with E-state index in [2.05, 4.69) is 10.0 Å². The lowest BCUT2D eigenvalue weighted by atomic mass is 9.96. The fourth-order valence-electron chi connectivity index (χ4n) is 4.46. The molecule has 1 aliphatic carbocycles. The third-order valence-corrected chi connectivity index (χ3v) is 7.94. The fourth-order valence-corrected chi connectivity index (χ4v) is 5.64. The third kappa shape index (κ3) is 5.86. The second-order valence-corrected chi connectivity index (χ2v) is 10.8. The molecule has 0 aromatic heterocycles. The predicted molar refractivity (Wildman–Crippen MR) is 128 cm³/mol. The summed E-state index contributed by atoms with van der Waals surface area (Å²) in [7, 11) is -3.76. The molecule has 7 nitrogen and oxygen atoms in total. The van der Waals surface area contributed by atoms with Gasteiger partial charge in [0.25, 0.3) is 15.9 Å². The van der Waals surface area contributed by atoms with Gasteiger partial charge in [-0.05, 0) is 74.2 Å². The number of amides is 2. The number of carbonyl (C=O) groups is 2. The van der Waals surface area contributed by atoms with E-state index in [0.29, 0.717) is 29.4 Å². The second kappa shape index (κ2) is 10.1. The summed E-state index contributed by atoms with van der Waals surface area (Å²) in [4.78, 5) is 27.5. The fraction of sp³-hybridized carbons (Fsp3) is 0.417. The lowest BCUT2D eigenvalue weighted by molar-refractivity contribution is -0.127. The molecule has 1 unspecified atom stereocenters. The van der Waals surface area contributed by atoms with Crippen molar-refractivity contribution in [3.8, 4) is 0 Å². The van der Waals surface area contributed by atoms with Crippen molar-refractivity contribution in [1.29, 1.82) is 0 Å². The number of rotatable bonds is 6. The highest BCUT2D eigenvalue weighted by Crippen LogP contribution is 2.23. The van der Waals surface area contributed by atoms with Gasteiger partial charge in [-0.15, -0.1) is 0 Å². The first-order valence-electron chi connectivity index (χ1n) is 11.3. The topological polar surface area (TPSA) is 95.6 Å². The molecule has 2 N–H and O–H groups in total. The Kier molecular flexibility index (Phi) is 7.24. The maximum absolute atomic E-state index is 13.0. The van der Waals surface area contributed by atoms with E-state index in [9.17, 15) is 18.0 Å². The highest BCUT2D eigenvalue weighted by atomic mass is 35.5. The summed E-state index contributed by atoms with van der Waals surface area (Å²) >= 11 is 5.82. The molecule has 1 heterocycles. The van der Waals surface area contributed by atoms with Gasteiger partial charge in [-0.25, -0.2) is 8.42 Å². The van der Waals surface area contributed by atoms with Gasteiger partial charge in [0.15, 0.2) is 0 Å². The molecule has 2 aliphatic rings. The van der Waals surface area contributed by atoms with Crippen LogP contribution in [0.15, 0.2) is 53.4 Å². The molecular formula is C24H28ClN3O4S. The molecule has 2 aromatic carbocycles. The van der Waals surface area contributed by atoms with Gasteiger partial charge in [0, 0.05) is 35.4 Å². The molecule has 0 radical (unpaired) electrons. The molecule has 1 atom stereocenters. The van der Waals surface area contributed by atoms with Gasteiger partial charge in [0.1, 0.15) is 0 Å². The van der Waals surface area contributed by atoms with Crippen LogP contribution in [0, 0.1) is 5.92 Å². The molecule has 2 aromatic rings. The highest BCUT2D eigenvalue weighted by Gasteiger charge is 2.30. The van der Waals surface area contributed by atoms with Crippen molar-refractivity contribution in [3.05, 3.63) is 59.1 Å². The molecule has 4 rings (SSSR count). The van der Waals surface area contributed by atoms with Crippen LogP contribution in [0.3, 0.4) is 0 Å². The van der Waals surface area contributed by atoms with Gasteiger partial charge in [-0.3, -0.25) is 14.3 Å². The summed E-state index contributed by atoms with van der Waals surface area (Å²) in [6, 6.07) is 12.5. The van der Waals surface area contributed by atoms with Crippen LogP contribution < -0.4 is 10.0 Å². The van der Waals surface area contributed by atoms with E-state index in [4.69, 9.17) is 11.6 Å². The van der Waals surface area contributed by atoms with Crippen molar-refractivity contribution < 1.29 is 18.0 Å². The van der Waals surface area contributed by atoms with Gasteiger partial charge in [0.05, 0.1) is 10.8 Å². The van der Waals surface area contributed by atoms with Crippen molar-refractivity contribution in [2.24, 2.45) is 5.92 Å². The summed E-state index contributed by atoms with van der Waals surface area (Å²) in [5.41, 5.74) is 0.815. The lowest BCUT2D eigenvalue weighted by Crippen LogP contribution is -2.47. The van der Waals surface area contributed by atoms with Gasteiger partial charge < -0.3 is 10.2 Å². The molecule has 2 fully saturated rings. The first-order chi connectivity index (χ1) is 15.8. The Morgan fingerprint density at radius 2 is 1.58 bits per heavy atom. The molecule has 1 saturated heterocycles. The Labute approximate surface area is 199 Å². The first kappa shape index (κ1) is 23.6. The average Bonchev–Trinajstić information content (AvgIpc) is 3.32. The zero-order chi connectivity index (χ0) is 23.4. The predicted octanol–water partition coefficient (Wildman–Crippen LogP) is 4.05. The van der Waals surface area contributed by atoms with Gasteiger partial charge in [-0.1, -0.05) is 24.4 Å². The number of benzene rings is 2. The number of halogens is 1. The molecule has 9 heteroatoms. The van der Waals surface area contributed by atoms with Crippen molar-refractivity contribution in [3.63, 3.8) is 0 Å². The maximum Gasteiger partial charge on any atom is 0.261 e. The van der Waals surface area contributed by atoms with Gasteiger partial charge >= 0.3 is 0 Å². The minimum absolute atomic E-state index is 0.0476. The van der Waals surface area contributed by atoms with E-state index in [-0.39, 0.29) is 28.7 Å². The number of nitrogens with one attached hydrogen (secondary N) is 2. The number of sulfonamides is 1. The average molecular weight is 490 g/mol.